The Kier molecular flexibility index (Phi) is 8.96. The summed E-state index contributed by atoms with van der Waals surface area (Å²) in [4.78, 5) is 0. The quantitative estimate of drug-likeness (QED) is 0.436. The molecule has 0 aliphatic heterocycles. The van der Waals surface area contributed by atoms with Gasteiger partial charge in [0.05, 0.1) is 11.4 Å². The van der Waals surface area contributed by atoms with Gasteiger partial charge in [-0.3, -0.25) is 0 Å². The average molecular weight is 226 g/mol. The Morgan fingerprint density at radius 2 is 1.53 bits per heavy atom. The highest BCUT2D eigenvalue weighted by Gasteiger charge is 1.86. The van der Waals surface area contributed by atoms with E-state index in [-0.39, 0.29) is 0 Å². The van der Waals surface area contributed by atoms with E-state index in [0.29, 0.717) is 0 Å². The summed E-state index contributed by atoms with van der Waals surface area (Å²) in [6.45, 7) is 12.7. The third-order valence-corrected chi connectivity index (χ3v) is 1.60. The van der Waals surface area contributed by atoms with Crippen molar-refractivity contribution in [3.05, 3.63) is 85.8 Å². The van der Waals surface area contributed by atoms with E-state index in [9.17, 15) is 0 Å². The molecule has 0 unspecified atom stereocenters. The van der Waals surface area contributed by atoms with Crippen molar-refractivity contribution in [3.63, 3.8) is 0 Å². The molecule has 0 saturated heterocycles. The van der Waals surface area contributed by atoms with Gasteiger partial charge in [-0.15, -0.1) is 0 Å². The monoisotopic (exact) mass is 226 g/mol. The van der Waals surface area contributed by atoms with Gasteiger partial charge in [0.1, 0.15) is 0 Å². The maximum atomic E-state index is 4.08. The van der Waals surface area contributed by atoms with Gasteiger partial charge in [0.25, 0.3) is 0 Å². The lowest BCUT2D eigenvalue weighted by Crippen LogP contribution is -1.71. The van der Waals surface area contributed by atoms with Crippen molar-refractivity contribution in [2.75, 3.05) is 0 Å². The van der Waals surface area contributed by atoms with Crippen LogP contribution in [-0.2, 0) is 0 Å². The van der Waals surface area contributed by atoms with Gasteiger partial charge in [0.15, 0.2) is 0 Å². The number of hydrogen-bond donors (Lipinski definition) is 0. The highest BCUT2D eigenvalue weighted by Crippen LogP contribution is 2.05. The molecule has 0 aromatic heterocycles. The van der Waals surface area contributed by atoms with Gasteiger partial charge in [0.2, 0.25) is 0 Å². The summed E-state index contributed by atoms with van der Waals surface area (Å²) in [5.41, 5.74) is 1.53. The van der Waals surface area contributed by atoms with Gasteiger partial charge in [-0.25, -0.2) is 0 Å². The van der Waals surface area contributed by atoms with Gasteiger partial charge in [0, 0.05) is 0 Å². The molecule has 0 spiro atoms. The first kappa shape index (κ1) is 14.8. The zero-order valence-electron chi connectivity index (χ0n) is 10.2. The Bertz CT molecular complexity index is 405. The molecule has 0 bridgehead atoms. The second-order valence-corrected chi connectivity index (χ2v) is 3.05. The second-order valence-electron chi connectivity index (χ2n) is 3.05. The van der Waals surface area contributed by atoms with Gasteiger partial charge < -0.3 is 0 Å². The molecule has 0 saturated carbocycles. The lowest BCUT2D eigenvalue weighted by atomic mass is 10.3. The average Bonchev–Trinajstić information content (AvgIpc) is 2.33. The van der Waals surface area contributed by atoms with E-state index in [4.69, 9.17) is 0 Å². The molecule has 0 atom stereocenters. The standard InChI is InChI=1S/C15H18N2/c1-5-8-10-12-14(4)16-17-15(11-7-3)13-9-6-2/h5-13H,1-3H2,4H3/b10-8-,13-9-,14-12+,15-11+,17-16+. The normalized spacial score (nSPS) is 13.7. The SMILES string of the molecule is C=C\C=C/C=C(C)/N=N/C(/C=C\C=C)=C/C=C. The Labute approximate surface area is 103 Å². The van der Waals surface area contributed by atoms with Crippen LogP contribution in [0.15, 0.2) is 96.0 Å². The summed E-state index contributed by atoms with van der Waals surface area (Å²) in [5, 5.41) is 8.15. The molecule has 0 heterocycles. The summed E-state index contributed by atoms with van der Waals surface area (Å²) < 4.78 is 0. The molecular formula is C15H18N2. The van der Waals surface area contributed by atoms with E-state index < -0.39 is 0 Å². The minimum absolute atomic E-state index is 0.723. The van der Waals surface area contributed by atoms with Crippen LogP contribution in [0.3, 0.4) is 0 Å². The fourth-order valence-electron chi connectivity index (χ4n) is 0.853. The largest absolute Gasteiger partial charge is 0.155 e. The highest BCUT2D eigenvalue weighted by atomic mass is 15.1. The first-order chi connectivity index (χ1) is 8.24. The van der Waals surface area contributed by atoms with Crippen LogP contribution in [0.25, 0.3) is 0 Å². The van der Waals surface area contributed by atoms with E-state index >= 15 is 0 Å². The minimum atomic E-state index is 0.723. The summed E-state index contributed by atoms with van der Waals surface area (Å²) in [6, 6.07) is 0. The molecule has 88 valence electrons. The Hall–Kier alpha value is -2.22. The van der Waals surface area contributed by atoms with E-state index in [2.05, 4.69) is 30.0 Å². The molecule has 2 nitrogen and oxygen atoms in total. The van der Waals surface area contributed by atoms with Crippen LogP contribution in [-0.4, -0.2) is 0 Å². The molecule has 0 fully saturated rings. The van der Waals surface area contributed by atoms with Crippen molar-refractivity contribution < 1.29 is 0 Å². The molecule has 0 aromatic carbocycles. The summed E-state index contributed by atoms with van der Waals surface area (Å²) in [5.74, 6) is 0. The van der Waals surface area contributed by atoms with Gasteiger partial charge >= 0.3 is 0 Å². The molecule has 17 heavy (non-hydrogen) atoms. The Balaban J connectivity index is 4.70. The predicted molar refractivity (Wildman–Crippen MR) is 75.6 cm³/mol. The number of azo groups is 1. The predicted octanol–water partition coefficient (Wildman–Crippen LogP) is 4.90. The van der Waals surface area contributed by atoms with Crippen LogP contribution in [0.1, 0.15) is 6.92 Å². The van der Waals surface area contributed by atoms with Crippen LogP contribution in [0.4, 0.5) is 0 Å². The fourth-order valence-corrected chi connectivity index (χ4v) is 0.853. The summed E-state index contributed by atoms with van der Waals surface area (Å²) in [6.07, 6.45) is 16.0. The van der Waals surface area contributed by atoms with Crippen LogP contribution < -0.4 is 0 Å². The van der Waals surface area contributed by atoms with Crippen LogP contribution >= 0.6 is 0 Å². The topological polar surface area (TPSA) is 24.7 Å². The van der Waals surface area contributed by atoms with E-state index in [1.807, 2.05) is 31.2 Å². The van der Waals surface area contributed by atoms with Gasteiger partial charge in [-0.05, 0) is 25.2 Å². The van der Waals surface area contributed by atoms with E-state index in [1.165, 1.54) is 0 Å². The van der Waals surface area contributed by atoms with Crippen molar-refractivity contribution in [1.82, 2.24) is 0 Å². The fraction of sp³-hybridized carbons (Fsp3) is 0.0667. The highest BCUT2D eigenvalue weighted by molar-refractivity contribution is 5.24. The zero-order chi connectivity index (χ0) is 12.9. The molecule has 0 rings (SSSR count). The lowest BCUT2D eigenvalue weighted by Gasteiger charge is -1.91. The number of rotatable bonds is 7. The zero-order valence-corrected chi connectivity index (χ0v) is 10.2. The smallest absolute Gasteiger partial charge is 0.0856 e. The number of allylic oxidation sites excluding steroid dienone is 10. The first-order valence-electron chi connectivity index (χ1n) is 5.24. The van der Waals surface area contributed by atoms with E-state index in [0.717, 1.165) is 11.4 Å². The van der Waals surface area contributed by atoms with Crippen molar-refractivity contribution in [1.29, 1.82) is 0 Å². The minimum Gasteiger partial charge on any atom is -0.155 e. The van der Waals surface area contributed by atoms with Crippen molar-refractivity contribution >= 4 is 0 Å². The van der Waals surface area contributed by atoms with Crippen molar-refractivity contribution in [2.45, 2.75) is 6.92 Å². The molecule has 0 amide bonds. The molecule has 0 aromatic rings. The van der Waals surface area contributed by atoms with Crippen molar-refractivity contribution in [2.24, 2.45) is 10.2 Å². The number of nitrogens with zero attached hydrogens (tertiary/aromatic N) is 2. The van der Waals surface area contributed by atoms with E-state index in [1.54, 1.807) is 30.4 Å². The maximum Gasteiger partial charge on any atom is 0.0856 e. The molecule has 0 aliphatic rings. The third kappa shape index (κ3) is 8.75. The third-order valence-electron chi connectivity index (χ3n) is 1.60. The molecule has 0 N–H and O–H groups in total. The van der Waals surface area contributed by atoms with Gasteiger partial charge in [-0.2, -0.15) is 10.2 Å². The van der Waals surface area contributed by atoms with Crippen LogP contribution in [0.2, 0.25) is 0 Å². The Morgan fingerprint density at radius 3 is 2.12 bits per heavy atom. The van der Waals surface area contributed by atoms with Gasteiger partial charge in [-0.1, -0.05) is 56.2 Å². The second kappa shape index (κ2) is 10.3. The lowest BCUT2D eigenvalue weighted by molar-refractivity contribution is 1.09. The molecule has 2 heteroatoms. The molecule has 0 aliphatic carbocycles. The first-order valence-corrected chi connectivity index (χ1v) is 5.24. The van der Waals surface area contributed by atoms with Crippen molar-refractivity contribution in [3.8, 4) is 0 Å². The Morgan fingerprint density at radius 1 is 0.824 bits per heavy atom. The van der Waals surface area contributed by atoms with Crippen LogP contribution in [0, 0.1) is 0 Å². The molecule has 0 radical (unpaired) electrons. The molecular weight excluding hydrogens is 208 g/mol. The maximum absolute atomic E-state index is 4.08. The summed E-state index contributed by atoms with van der Waals surface area (Å²) >= 11 is 0. The summed E-state index contributed by atoms with van der Waals surface area (Å²) in [7, 11) is 0. The van der Waals surface area contributed by atoms with Crippen LogP contribution in [0.5, 0.6) is 0 Å². The number of hydrogen-bond acceptors (Lipinski definition) is 2.